The molecule has 2 aliphatic rings. The second-order valence-electron chi connectivity index (χ2n) is 12.0. The number of aromatic nitrogens is 2. The number of benzene rings is 2. The Labute approximate surface area is 284 Å². The summed E-state index contributed by atoms with van der Waals surface area (Å²) in [5, 5.41) is -0.515. The third-order valence-corrected chi connectivity index (χ3v) is 10.4. The molecule has 3 heterocycles. The summed E-state index contributed by atoms with van der Waals surface area (Å²) in [4.78, 5) is 36.2. The van der Waals surface area contributed by atoms with E-state index < -0.39 is 51.3 Å². The Morgan fingerprint density at radius 2 is 1.79 bits per heavy atom. The van der Waals surface area contributed by atoms with Gasteiger partial charge in [0.1, 0.15) is 17.5 Å². The summed E-state index contributed by atoms with van der Waals surface area (Å²) in [7, 11) is 0. The number of piperazine rings is 1. The van der Waals surface area contributed by atoms with Crippen molar-refractivity contribution in [2.45, 2.75) is 63.5 Å². The number of ether oxygens (including phenoxy) is 1. The van der Waals surface area contributed by atoms with Crippen LogP contribution in [0, 0.1) is 11.6 Å². The van der Waals surface area contributed by atoms with Crippen molar-refractivity contribution in [3.8, 4) is 11.1 Å². The van der Waals surface area contributed by atoms with Gasteiger partial charge in [0.2, 0.25) is 5.91 Å². The molecule has 0 radical (unpaired) electrons. The van der Waals surface area contributed by atoms with Crippen molar-refractivity contribution >= 4 is 46.0 Å². The van der Waals surface area contributed by atoms with Gasteiger partial charge < -0.3 is 19.4 Å². The van der Waals surface area contributed by atoms with Crippen molar-refractivity contribution in [2.75, 3.05) is 50.0 Å². The Morgan fingerprint density at radius 3 is 2.40 bits per heavy atom. The van der Waals surface area contributed by atoms with Gasteiger partial charge in [-0.3, -0.25) is 9.36 Å². The molecule has 48 heavy (non-hydrogen) atoms. The molecule has 3 aromatic rings. The molecule has 0 spiro atoms. The molecule has 8 nitrogen and oxygen atoms in total. The van der Waals surface area contributed by atoms with E-state index in [0.29, 0.717) is 19.2 Å². The van der Waals surface area contributed by atoms with E-state index in [9.17, 15) is 14.0 Å². The van der Waals surface area contributed by atoms with E-state index in [2.05, 4.69) is 16.5 Å². The number of thioether (sulfide) groups is 1. The van der Waals surface area contributed by atoms with Crippen molar-refractivity contribution in [1.29, 1.82) is 0 Å². The minimum atomic E-state index is -4.99. The third kappa shape index (κ3) is 6.94. The molecule has 2 aliphatic heterocycles. The Balaban J connectivity index is 1.75. The number of halogens is 6. The van der Waals surface area contributed by atoms with Crippen LogP contribution < -0.4 is 10.6 Å². The number of carbonyl (C=O) groups is 1. The minimum Gasteiger partial charge on any atom is -0.374 e. The van der Waals surface area contributed by atoms with E-state index in [1.807, 2.05) is 13.8 Å². The fraction of sp³-hybridized carbons (Fsp3) is 0.485. The van der Waals surface area contributed by atoms with E-state index >= 15 is 17.6 Å². The first-order valence-electron chi connectivity index (χ1n) is 15.7. The quantitative estimate of drug-likeness (QED) is 0.143. The van der Waals surface area contributed by atoms with Gasteiger partial charge in [0.05, 0.1) is 35.4 Å². The average Bonchev–Trinajstić information content (AvgIpc) is 3.22. The number of alkyl halides is 3. The zero-order chi connectivity index (χ0) is 35.1. The van der Waals surface area contributed by atoms with Crippen molar-refractivity contribution in [3.05, 3.63) is 63.6 Å². The van der Waals surface area contributed by atoms with E-state index in [1.165, 1.54) is 10.6 Å². The van der Waals surface area contributed by atoms with Crippen LogP contribution in [0.2, 0.25) is 5.02 Å². The van der Waals surface area contributed by atoms with Crippen molar-refractivity contribution in [1.82, 2.24) is 19.4 Å². The first-order chi connectivity index (χ1) is 22.7. The molecular weight excluding hydrogens is 677 g/mol. The van der Waals surface area contributed by atoms with E-state index in [1.54, 1.807) is 23.6 Å². The highest BCUT2D eigenvalue weighted by atomic mass is 35.5. The summed E-state index contributed by atoms with van der Waals surface area (Å²) < 4.78 is 82.2. The standard InChI is InChI=1S/C33H37ClF5N5O3S/c1-6-27(45)44-18(4)14-42(15-19(44)5)31-22-11-23(33(37,38)39)28(21-12-24(34)26(36)13-25(21)35)30-29(22)43(32(46)40-31)16-20(17-48-30)47-10-9-41(7-2)8-3/h6,11-13,18-20H,1,7-10,14-17H2,2-5H3/t18-,19+,20-/m0/s1. The van der Waals surface area contributed by atoms with Crippen LogP contribution in [0.1, 0.15) is 33.3 Å². The number of amides is 1. The first kappa shape index (κ1) is 36.1. The van der Waals surface area contributed by atoms with E-state index in [4.69, 9.17) is 16.3 Å². The molecule has 0 bridgehead atoms. The van der Waals surface area contributed by atoms with Crippen molar-refractivity contribution < 1.29 is 31.5 Å². The van der Waals surface area contributed by atoms with Gasteiger partial charge >= 0.3 is 11.9 Å². The lowest BCUT2D eigenvalue weighted by atomic mass is 9.95. The van der Waals surface area contributed by atoms with Gasteiger partial charge in [-0.25, -0.2) is 13.6 Å². The number of carbonyl (C=O) groups excluding carboxylic acids is 1. The number of rotatable bonds is 9. The van der Waals surface area contributed by atoms with Gasteiger partial charge in [0.25, 0.3) is 0 Å². The molecule has 0 N–H and O–H groups in total. The average molecular weight is 714 g/mol. The zero-order valence-electron chi connectivity index (χ0n) is 27.0. The summed E-state index contributed by atoms with van der Waals surface area (Å²) in [6.07, 6.45) is -4.38. The summed E-state index contributed by atoms with van der Waals surface area (Å²) in [6, 6.07) is 1.40. The molecule has 0 aliphatic carbocycles. The molecule has 1 fully saturated rings. The predicted octanol–water partition coefficient (Wildman–Crippen LogP) is 6.46. The third-order valence-electron chi connectivity index (χ3n) is 8.89. The van der Waals surface area contributed by atoms with E-state index in [-0.39, 0.29) is 65.0 Å². The van der Waals surface area contributed by atoms with Crippen molar-refractivity contribution in [3.63, 3.8) is 0 Å². The maximum Gasteiger partial charge on any atom is 0.417 e. The molecule has 15 heteroatoms. The van der Waals surface area contributed by atoms with Gasteiger partial charge in [-0.15, -0.1) is 11.8 Å². The molecule has 1 amide bonds. The SMILES string of the molecule is C=CC(=O)N1[C@H](C)CN(c2nc(=O)n3c4c(c(-c5cc(Cl)c(F)cc5F)c(C(F)(F)F)cc24)SC[C@@H](OCCN(CC)CC)C3)C[C@@H]1C. The van der Waals surface area contributed by atoms with Gasteiger partial charge in [-0.1, -0.05) is 32.0 Å². The summed E-state index contributed by atoms with van der Waals surface area (Å²) >= 11 is 7.00. The predicted molar refractivity (Wildman–Crippen MR) is 178 cm³/mol. The lowest BCUT2D eigenvalue weighted by molar-refractivity contribution is -0.137. The number of hydrogen-bond acceptors (Lipinski definition) is 7. The topological polar surface area (TPSA) is 70.9 Å². The molecule has 260 valence electrons. The van der Waals surface area contributed by atoms with Crippen LogP contribution in [0.25, 0.3) is 22.0 Å². The Morgan fingerprint density at radius 1 is 1.12 bits per heavy atom. The summed E-state index contributed by atoms with van der Waals surface area (Å²) in [5.41, 5.74) is -2.86. The number of likely N-dealkylation sites (N-methyl/N-ethyl adjacent to an activating group) is 1. The summed E-state index contributed by atoms with van der Waals surface area (Å²) in [6.45, 7) is 14.1. The molecule has 3 atom stereocenters. The van der Waals surface area contributed by atoms with E-state index in [0.717, 1.165) is 37.0 Å². The fourth-order valence-electron chi connectivity index (χ4n) is 6.61. The molecule has 2 aromatic carbocycles. The van der Waals surface area contributed by atoms with Crippen LogP contribution in [0.5, 0.6) is 0 Å². The highest BCUT2D eigenvalue weighted by Gasteiger charge is 2.40. The molecule has 5 rings (SSSR count). The maximum atomic E-state index is 15.4. The second-order valence-corrected chi connectivity index (χ2v) is 13.4. The van der Waals surface area contributed by atoms with Gasteiger partial charge in [0.15, 0.2) is 0 Å². The monoisotopic (exact) mass is 713 g/mol. The van der Waals surface area contributed by atoms with Crippen LogP contribution in [-0.4, -0.2) is 88.5 Å². The smallest absolute Gasteiger partial charge is 0.374 e. The molecular formula is C33H37ClF5N5O3S. The van der Waals surface area contributed by atoms with Crippen molar-refractivity contribution in [2.24, 2.45) is 0 Å². The first-order valence-corrected chi connectivity index (χ1v) is 17.1. The van der Waals surface area contributed by atoms with Gasteiger partial charge in [-0.05, 0) is 45.1 Å². The fourth-order valence-corrected chi connectivity index (χ4v) is 8.05. The molecule has 1 aromatic heterocycles. The lowest BCUT2D eigenvalue weighted by Crippen LogP contribution is -2.58. The number of nitrogens with zero attached hydrogens (tertiary/aromatic N) is 5. The van der Waals surface area contributed by atoms with Crippen LogP contribution in [0.15, 0.2) is 40.5 Å². The highest BCUT2D eigenvalue weighted by molar-refractivity contribution is 7.99. The lowest BCUT2D eigenvalue weighted by Gasteiger charge is -2.44. The van der Waals surface area contributed by atoms with Gasteiger partial charge in [0, 0.05) is 64.9 Å². The van der Waals surface area contributed by atoms with Crippen LogP contribution >= 0.6 is 23.4 Å². The maximum absolute atomic E-state index is 15.4. The number of hydrogen-bond donors (Lipinski definition) is 0. The second kappa shape index (κ2) is 14.3. The molecule has 0 unspecified atom stereocenters. The van der Waals surface area contributed by atoms with Crippen LogP contribution in [-0.2, 0) is 22.3 Å². The number of anilines is 1. The minimum absolute atomic E-state index is 0.00720. The highest BCUT2D eigenvalue weighted by Crippen LogP contribution is 2.49. The van der Waals surface area contributed by atoms with Gasteiger partial charge in [-0.2, -0.15) is 18.2 Å². The normalized spacial score (nSPS) is 20.0. The van der Waals surface area contributed by atoms with Crippen LogP contribution in [0.3, 0.4) is 0 Å². The Kier molecular flexibility index (Phi) is 10.8. The Bertz CT molecular complexity index is 1770. The molecule has 0 saturated carbocycles. The van der Waals surface area contributed by atoms with Crippen LogP contribution in [0.4, 0.5) is 27.8 Å². The Hall–Kier alpha value is -3.20. The largest absolute Gasteiger partial charge is 0.417 e. The summed E-state index contributed by atoms with van der Waals surface area (Å²) in [5.74, 6) is -2.47. The molecule has 1 saturated heterocycles. The zero-order valence-corrected chi connectivity index (χ0v) is 28.6.